The molecule has 0 spiro atoms. The van der Waals surface area contributed by atoms with Crippen LogP contribution in [0.25, 0.3) is 0 Å². The van der Waals surface area contributed by atoms with Crippen LogP contribution in [0.2, 0.25) is 0 Å². The van der Waals surface area contributed by atoms with Gasteiger partial charge in [0.25, 0.3) is 0 Å². The fourth-order valence-corrected chi connectivity index (χ4v) is 5.37. The van der Waals surface area contributed by atoms with Gasteiger partial charge < -0.3 is 25.0 Å². The van der Waals surface area contributed by atoms with Crippen molar-refractivity contribution in [3.8, 4) is 0 Å². The van der Waals surface area contributed by atoms with E-state index in [9.17, 15) is 29.5 Å². The number of carbonyl (C=O) groups excluding carboxylic acids is 1. The summed E-state index contributed by atoms with van der Waals surface area (Å²) in [6.07, 6.45) is 1.94. The van der Waals surface area contributed by atoms with E-state index in [1.165, 1.54) is 5.56 Å². The first-order valence-corrected chi connectivity index (χ1v) is 14.6. The van der Waals surface area contributed by atoms with Crippen LogP contribution in [0.1, 0.15) is 25.0 Å². The highest BCUT2D eigenvalue weighted by molar-refractivity contribution is 7.50. The Kier molecular flexibility index (Phi) is 20.8. The molecule has 1 heterocycles. The number of aldehydes is 1. The van der Waals surface area contributed by atoms with Gasteiger partial charge in [-0.3, -0.25) is 29.2 Å². The third-order valence-electron chi connectivity index (χ3n) is 5.83. The first-order chi connectivity index (χ1) is 18.2. The van der Waals surface area contributed by atoms with Gasteiger partial charge in [-0.15, -0.1) is 0 Å². The van der Waals surface area contributed by atoms with E-state index in [0.29, 0.717) is 64.8 Å². The molecule has 1 atom stereocenters. The lowest BCUT2D eigenvalue weighted by Gasteiger charge is -2.33. The molecule has 1 aliphatic rings. The van der Waals surface area contributed by atoms with Gasteiger partial charge in [-0.25, -0.2) is 0 Å². The highest BCUT2D eigenvalue weighted by atomic mass is 31.1. The van der Waals surface area contributed by atoms with E-state index in [4.69, 9.17) is 5.11 Å². The van der Waals surface area contributed by atoms with Crippen molar-refractivity contribution < 1.29 is 34.6 Å². The average molecular weight is 559 g/mol. The Bertz CT molecular complexity index is 785. The summed E-state index contributed by atoms with van der Waals surface area (Å²) in [7, 11) is -0.278. The lowest BCUT2D eigenvalue weighted by Crippen LogP contribution is -2.48. The second-order valence-corrected chi connectivity index (χ2v) is 10.3. The van der Waals surface area contributed by atoms with Crippen molar-refractivity contribution in [1.29, 1.82) is 0 Å². The van der Waals surface area contributed by atoms with Crippen LogP contribution >= 0.6 is 8.15 Å². The van der Waals surface area contributed by atoms with Gasteiger partial charge in [-0.1, -0.05) is 43.7 Å². The summed E-state index contributed by atoms with van der Waals surface area (Å²) in [5, 5.41) is 25.5. The third-order valence-corrected chi connectivity index (χ3v) is 7.29. The van der Waals surface area contributed by atoms with Gasteiger partial charge in [0.15, 0.2) is 0 Å². The number of rotatable bonds is 10. The Morgan fingerprint density at radius 3 is 1.58 bits per heavy atom. The molecule has 0 aliphatic carbocycles. The van der Waals surface area contributed by atoms with Crippen molar-refractivity contribution >= 4 is 26.4 Å². The Balaban J connectivity index is 0.00000326. The maximum Gasteiger partial charge on any atom is 0.317 e. The van der Waals surface area contributed by atoms with Gasteiger partial charge in [0.2, 0.25) is 0 Å². The minimum absolute atomic E-state index is 0.122. The highest BCUT2D eigenvalue weighted by Crippen LogP contribution is 2.35. The minimum atomic E-state index is -1.28. The van der Waals surface area contributed by atoms with E-state index in [0.717, 1.165) is 19.0 Å². The van der Waals surface area contributed by atoms with E-state index >= 15 is 0 Å². The highest BCUT2D eigenvalue weighted by Gasteiger charge is 2.20. The Hall–Kier alpha value is -1.98. The van der Waals surface area contributed by atoms with Crippen molar-refractivity contribution in [1.82, 2.24) is 19.6 Å². The van der Waals surface area contributed by atoms with Crippen molar-refractivity contribution in [2.24, 2.45) is 0 Å². The first-order valence-electron chi connectivity index (χ1n) is 13.0. The molecule has 0 aromatic heterocycles. The molecule has 0 amide bonds. The summed E-state index contributed by atoms with van der Waals surface area (Å²) in [6.45, 7) is 10.2. The predicted octanol–water partition coefficient (Wildman–Crippen LogP) is 1.07. The second kappa shape index (κ2) is 21.9. The number of carbonyl (C=O) groups is 3. The zero-order valence-corrected chi connectivity index (χ0v) is 24.2. The molecule has 38 heavy (non-hydrogen) atoms. The van der Waals surface area contributed by atoms with Gasteiger partial charge in [0.05, 0.1) is 19.6 Å². The zero-order chi connectivity index (χ0) is 28.9. The summed E-state index contributed by atoms with van der Waals surface area (Å²) >= 11 is 0. The molecule has 12 heteroatoms. The monoisotopic (exact) mass is 558 g/mol. The van der Waals surface area contributed by atoms with Crippen molar-refractivity contribution in [3.05, 3.63) is 35.4 Å². The van der Waals surface area contributed by atoms with Crippen molar-refractivity contribution in [2.75, 3.05) is 85.4 Å². The van der Waals surface area contributed by atoms with Gasteiger partial charge >= 0.3 is 11.9 Å². The van der Waals surface area contributed by atoms with Crippen molar-refractivity contribution in [2.45, 2.75) is 26.9 Å². The van der Waals surface area contributed by atoms with Crippen LogP contribution in [0.15, 0.2) is 24.3 Å². The SMILES string of the molecule is CC.CO.Cc1ccc(CP(O)CN2CCN(CC=O)CCN(CC(=O)O)CCN(CC(=O)O)CC2)cc1. The van der Waals surface area contributed by atoms with E-state index in [1.807, 2.05) is 54.8 Å². The smallest absolute Gasteiger partial charge is 0.317 e. The molecule has 0 radical (unpaired) electrons. The molecule has 11 nitrogen and oxygen atoms in total. The third kappa shape index (κ3) is 16.8. The molecule has 4 N–H and O–H groups in total. The topological polar surface area (TPSA) is 145 Å². The van der Waals surface area contributed by atoms with E-state index in [1.54, 1.807) is 4.90 Å². The van der Waals surface area contributed by atoms with Crippen LogP contribution < -0.4 is 0 Å². The standard InChI is InChI=1S/C23H37N4O6P.C2H6.CH4O/c1-20-2-4-21(5-3-20)18-34(33)19-27-12-7-24(14-15-28)6-8-25(16-22(29)30)9-10-26(11-13-27)17-23(31)32;2*1-2/h2-5,15,33H,6-14,16-19H2,1H3,(H,29,30)(H,31,32);1-2H3;2H,1H3. The molecule has 1 aromatic carbocycles. The lowest BCUT2D eigenvalue weighted by atomic mass is 10.2. The van der Waals surface area contributed by atoms with Gasteiger partial charge in [-0.2, -0.15) is 0 Å². The molecular weight excluding hydrogens is 511 g/mol. The van der Waals surface area contributed by atoms with Crippen LogP contribution in [0, 0.1) is 6.92 Å². The zero-order valence-electron chi connectivity index (χ0n) is 23.3. The quantitative estimate of drug-likeness (QED) is 0.242. The van der Waals surface area contributed by atoms with Crippen LogP contribution in [0.5, 0.6) is 0 Å². The molecular formula is C26H47N4O7P. The van der Waals surface area contributed by atoms with Crippen LogP contribution in [0.3, 0.4) is 0 Å². The summed E-state index contributed by atoms with van der Waals surface area (Å²) in [6, 6.07) is 8.12. The Labute approximate surface area is 228 Å². The molecule has 218 valence electrons. The number of benzene rings is 1. The fraction of sp³-hybridized carbons (Fsp3) is 0.654. The number of hydrogen-bond acceptors (Lipinski definition) is 9. The number of aliphatic hydroxyl groups excluding tert-OH is 1. The summed E-state index contributed by atoms with van der Waals surface area (Å²) in [5.41, 5.74) is 2.26. The molecule has 1 aliphatic heterocycles. The van der Waals surface area contributed by atoms with Crippen LogP contribution in [0.4, 0.5) is 0 Å². The Morgan fingerprint density at radius 1 is 0.789 bits per heavy atom. The fourth-order valence-electron chi connectivity index (χ4n) is 3.89. The number of carboxylic acid groups (broad SMARTS) is 2. The average Bonchev–Trinajstić information content (AvgIpc) is 2.88. The number of hydrogen-bond donors (Lipinski definition) is 4. The normalized spacial score (nSPS) is 17.4. The van der Waals surface area contributed by atoms with Crippen LogP contribution in [-0.2, 0) is 20.5 Å². The predicted molar refractivity (Wildman–Crippen MR) is 151 cm³/mol. The molecule has 1 saturated heterocycles. The van der Waals surface area contributed by atoms with E-state index in [2.05, 4.69) is 4.90 Å². The molecule has 1 unspecified atom stereocenters. The maximum absolute atomic E-state index is 11.4. The summed E-state index contributed by atoms with van der Waals surface area (Å²) < 4.78 is 0. The number of aryl methyl sites for hydroxylation is 1. The second-order valence-electron chi connectivity index (χ2n) is 8.72. The van der Waals surface area contributed by atoms with Crippen molar-refractivity contribution in [3.63, 3.8) is 0 Å². The Morgan fingerprint density at radius 2 is 1.18 bits per heavy atom. The van der Waals surface area contributed by atoms with E-state index in [-0.39, 0.29) is 19.6 Å². The van der Waals surface area contributed by atoms with Crippen LogP contribution in [-0.4, -0.2) is 143 Å². The number of aliphatic hydroxyl groups is 1. The van der Waals surface area contributed by atoms with Gasteiger partial charge in [-0.05, 0) is 12.5 Å². The molecule has 2 rings (SSSR count). The van der Waals surface area contributed by atoms with Gasteiger partial charge in [0, 0.05) is 80.1 Å². The summed E-state index contributed by atoms with van der Waals surface area (Å²) in [5.74, 6) is -1.86. The number of nitrogens with zero attached hydrogens (tertiary/aromatic N) is 4. The first kappa shape index (κ1) is 36.0. The molecule has 1 aromatic rings. The number of carboxylic acids is 2. The molecule has 0 bridgehead atoms. The van der Waals surface area contributed by atoms with E-state index < -0.39 is 20.1 Å². The van der Waals surface area contributed by atoms with Gasteiger partial charge in [0.1, 0.15) is 6.29 Å². The number of aliphatic carboxylic acids is 2. The minimum Gasteiger partial charge on any atom is -0.480 e. The summed E-state index contributed by atoms with van der Waals surface area (Å²) in [4.78, 5) is 52.3. The maximum atomic E-state index is 11.4. The largest absolute Gasteiger partial charge is 0.480 e. The lowest BCUT2D eigenvalue weighted by molar-refractivity contribution is -0.140. The molecule has 1 fully saturated rings. The molecule has 0 saturated carbocycles.